The lowest BCUT2D eigenvalue weighted by molar-refractivity contribution is 0.164. The van der Waals surface area contributed by atoms with Crippen LogP contribution in [0.2, 0.25) is 0 Å². The van der Waals surface area contributed by atoms with E-state index < -0.39 is 10.2 Å². The zero-order valence-corrected chi connectivity index (χ0v) is 12.5. The average Bonchev–Trinajstić information content (AvgIpc) is 2.82. The van der Waals surface area contributed by atoms with Crippen molar-refractivity contribution in [1.82, 2.24) is 14.0 Å². The molecule has 1 saturated heterocycles. The van der Waals surface area contributed by atoms with Crippen LogP contribution in [0.25, 0.3) is 0 Å². The lowest BCUT2D eigenvalue weighted by atomic mass is 10.0. The molecular weight excluding hydrogens is 286 g/mol. The summed E-state index contributed by atoms with van der Waals surface area (Å²) in [6.45, 7) is 3.11. The summed E-state index contributed by atoms with van der Waals surface area (Å²) in [5.41, 5.74) is 0. The summed E-state index contributed by atoms with van der Waals surface area (Å²) in [4.78, 5) is 5.19. The molecule has 1 aromatic heterocycles. The van der Waals surface area contributed by atoms with Crippen molar-refractivity contribution < 1.29 is 13.5 Å². The highest BCUT2D eigenvalue weighted by Crippen LogP contribution is 2.18. The Morgan fingerprint density at radius 3 is 3.05 bits per heavy atom. The van der Waals surface area contributed by atoms with E-state index in [2.05, 4.69) is 9.71 Å². The number of thiazole rings is 1. The van der Waals surface area contributed by atoms with E-state index in [0.29, 0.717) is 13.1 Å². The lowest BCUT2D eigenvalue weighted by Gasteiger charge is -2.30. The van der Waals surface area contributed by atoms with Gasteiger partial charge in [0.05, 0.1) is 6.54 Å². The minimum atomic E-state index is -3.48. The van der Waals surface area contributed by atoms with E-state index in [1.54, 1.807) is 6.20 Å². The van der Waals surface area contributed by atoms with E-state index in [1.807, 2.05) is 6.92 Å². The van der Waals surface area contributed by atoms with Gasteiger partial charge < -0.3 is 5.11 Å². The first-order chi connectivity index (χ1) is 9.01. The van der Waals surface area contributed by atoms with Gasteiger partial charge in [0, 0.05) is 30.8 Å². The fraction of sp³-hybridized carbons (Fsp3) is 0.727. The molecule has 0 radical (unpaired) electrons. The SMILES string of the molecule is Cc1cnc(CNS(=O)(=O)N2CCCC(CO)C2)s1. The molecule has 1 aliphatic heterocycles. The number of piperidine rings is 1. The number of hydrogen-bond acceptors (Lipinski definition) is 5. The normalized spacial score (nSPS) is 21.7. The van der Waals surface area contributed by atoms with Crippen LogP contribution < -0.4 is 4.72 Å². The third-order valence-electron chi connectivity index (χ3n) is 3.15. The van der Waals surface area contributed by atoms with Crippen LogP contribution in [-0.4, -0.2) is 42.5 Å². The summed E-state index contributed by atoms with van der Waals surface area (Å²) in [5.74, 6) is 0.0485. The van der Waals surface area contributed by atoms with Gasteiger partial charge in [-0.25, -0.2) is 4.98 Å². The molecule has 108 valence electrons. The predicted molar refractivity (Wildman–Crippen MR) is 74.0 cm³/mol. The maximum absolute atomic E-state index is 12.1. The molecule has 0 aliphatic carbocycles. The topological polar surface area (TPSA) is 82.5 Å². The summed E-state index contributed by atoms with van der Waals surface area (Å²) in [6.07, 6.45) is 3.41. The highest BCUT2D eigenvalue weighted by atomic mass is 32.2. The number of aromatic nitrogens is 1. The summed E-state index contributed by atoms with van der Waals surface area (Å²) in [5, 5.41) is 9.90. The molecule has 2 rings (SSSR count). The molecule has 1 fully saturated rings. The molecule has 0 amide bonds. The summed E-state index contributed by atoms with van der Waals surface area (Å²) >= 11 is 1.48. The van der Waals surface area contributed by atoms with Crippen molar-refractivity contribution in [2.75, 3.05) is 19.7 Å². The second-order valence-corrected chi connectivity index (χ2v) is 7.81. The van der Waals surface area contributed by atoms with Crippen LogP contribution in [0.3, 0.4) is 0 Å². The minimum Gasteiger partial charge on any atom is -0.396 e. The fourth-order valence-electron chi connectivity index (χ4n) is 2.12. The van der Waals surface area contributed by atoms with Gasteiger partial charge in [0.1, 0.15) is 5.01 Å². The molecule has 0 saturated carbocycles. The molecule has 1 atom stereocenters. The maximum Gasteiger partial charge on any atom is 0.279 e. The van der Waals surface area contributed by atoms with Crippen LogP contribution in [0.5, 0.6) is 0 Å². The van der Waals surface area contributed by atoms with Crippen molar-refractivity contribution in [3.63, 3.8) is 0 Å². The van der Waals surface area contributed by atoms with E-state index >= 15 is 0 Å². The molecule has 0 bridgehead atoms. The van der Waals surface area contributed by atoms with Gasteiger partial charge in [-0.05, 0) is 25.7 Å². The van der Waals surface area contributed by atoms with Crippen LogP contribution in [0.1, 0.15) is 22.7 Å². The number of aryl methyl sites for hydroxylation is 1. The Bertz CT molecular complexity index is 515. The molecule has 2 N–H and O–H groups in total. The summed E-state index contributed by atoms with van der Waals surface area (Å²) in [7, 11) is -3.48. The highest BCUT2D eigenvalue weighted by molar-refractivity contribution is 7.87. The Hall–Kier alpha value is -0.540. The van der Waals surface area contributed by atoms with Crippen molar-refractivity contribution in [2.45, 2.75) is 26.3 Å². The van der Waals surface area contributed by atoms with Crippen LogP contribution >= 0.6 is 11.3 Å². The Labute approximate surface area is 117 Å². The van der Waals surface area contributed by atoms with Crippen LogP contribution in [0, 0.1) is 12.8 Å². The first-order valence-corrected chi connectivity index (χ1v) is 8.54. The van der Waals surface area contributed by atoms with E-state index in [9.17, 15) is 8.42 Å². The van der Waals surface area contributed by atoms with Crippen molar-refractivity contribution in [1.29, 1.82) is 0 Å². The Balaban J connectivity index is 1.94. The standard InChI is InChI=1S/C11H19N3O3S2/c1-9-5-12-11(18-9)6-13-19(16,17)14-4-2-3-10(7-14)8-15/h5,10,13,15H,2-4,6-8H2,1H3. The first kappa shape index (κ1) is 14.9. The molecule has 6 nitrogen and oxygen atoms in total. The van der Waals surface area contributed by atoms with Gasteiger partial charge in [0.15, 0.2) is 0 Å². The summed E-state index contributed by atoms with van der Waals surface area (Å²) in [6, 6.07) is 0. The Kier molecular flexibility index (Phi) is 4.91. The quantitative estimate of drug-likeness (QED) is 0.829. The molecular formula is C11H19N3O3S2. The van der Waals surface area contributed by atoms with Gasteiger partial charge >= 0.3 is 0 Å². The van der Waals surface area contributed by atoms with Crippen molar-refractivity contribution in [3.8, 4) is 0 Å². The largest absolute Gasteiger partial charge is 0.396 e. The monoisotopic (exact) mass is 305 g/mol. The van der Waals surface area contributed by atoms with E-state index in [4.69, 9.17) is 5.11 Å². The van der Waals surface area contributed by atoms with Crippen molar-refractivity contribution in [2.24, 2.45) is 5.92 Å². The predicted octanol–water partition coefficient (Wildman–Crippen LogP) is 0.490. The third-order valence-corrected chi connectivity index (χ3v) is 5.59. The van der Waals surface area contributed by atoms with Gasteiger partial charge in [-0.15, -0.1) is 11.3 Å². The third kappa shape index (κ3) is 3.96. The fourth-order valence-corrected chi connectivity index (χ4v) is 4.22. The summed E-state index contributed by atoms with van der Waals surface area (Å²) < 4.78 is 28.3. The number of nitrogens with one attached hydrogen (secondary N) is 1. The zero-order chi connectivity index (χ0) is 13.9. The molecule has 1 aromatic rings. The molecule has 1 aliphatic rings. The number of aliphatic hydroxyl groups is 1. The zero-order valence-electron chi connectivity index (χ0n) is 10.9. The molecule has 8 heteroatoms. The second kappa shape index (κ2) is 6.27. The smallest absolute Gasteiger partial charge is 0.279 e. The van der Waals surface area contributed by atoms with E-state index in [-0.39, 0.29) is 19.1 Å². The van der Waals surface area contributed by atoms with E-state index in [0.717, 1.165) is 22.7 Å². The number of aliphatic hydroxyl groups excluding tert-OH is 1. The molecule has 0 aromatic carbocycles. The number of rotatable bonds is 5. The second-order valence-electron chi connectivity index (χ2n) is 4.74. The van der Waals surface area contributed by atoms with Gasteiger partial charge in [-0.3, -0.25) is 0 Å². The van der Waals surface area contributed by atoms with Gasteiger partial charge in [-0.2, -0.15) is 17.4 Å². The molecule has 1 unspecified atom stereocenters. The van der Waals surface area contributed by atoms with Crippen LogP contribution in [-0.2, 0) is 16.8 Å². The van der Waals surface area contributed by atoms with Gasteiger partial charge in [-0.1, -0.05) is 0 Å². The lowest BCUT2D eigenvalue weighted by Crippen LogP contribution is -2.46. The van der Waals surface area contributed by atoms with Gasteiger partial charge in [0.2, 0.25) is 0 Å². The Morgan fingerprint density at radius 1 is 1.63 bits per heavy atom. The van der Waals surface area contributed by atoms with Crippen molar-refractivity contribution in [3.05, 3.63) is 16.1 Å². The van der Waals surface area contributed by atoms with Gasteiger partial charge in [0.25, 0.3) is 10.2 Å². The van der Waals surface area contributed by atoms with E-state index in [1.165, 1.54) is 15.6 Å². The number of hydrogen-bond donors (Lipinski definition) is 2. The first-order valence-electron chi connectivity index (χ1n) is 6.28. The van der Waals surface area contributed by atoms with Crippen molar-refractivity contribution >= 4 is 21.5 Å². The molecule has 0 spiro atoms. The highest BCUT2D eigenvalue weighted by Gasteiger charge is 2.28. The molecule has 2 heterocycles. The van der Waals surface area contributed by atoms with Crippen LogP contribution in [0.15, 0.2) is 6.20 Å². The maximum atomic E-state index is 12.1. The molecule has 19 heavy (non-hydrogen) atoms. The average molecular weight is 305 g/mol. The van der Waals surface area contributed by atoms with Crippen LogP contribution in [0.4, 0.5) is 0 Å². The Morgan fingerprint density at radius 2 is 2.42 bits per heavy atom. The minimum absolute atomic E-state index is 0.0394. The number of nitrogens with zero attached hydrogens (tertiary/aromatic N) is 2.